The first-order valence-corrected chi connectivity index (χ1v) is 12.2. The van der Waals surface area contributed by atoms with Crippen LogP contribution in [0.25, 0.3) is 0 Å². The first kappa shape index (κ1) is 24.0. The minimum atomic E-state index is -0.298. The topological polar surface area (TPSA) is 49.9 Å². The molecular weight excluding hydrogens is 468 g/mol. The molecule has 0 atom stereocenters. The lowest BCUT2D eigenvalue weighted by atomic mass is 10.2. The zero-order valence-corrected chi connectivity index (χ0v) is 19.9. The Kier molecular flexibility index (Phi) is 9.80. The third-order valence-corrected chi connectivity index (χ3v) is 5.73. The SMILES string of the molecule is O=C1CN(c2cccc(C#CCCOCCCCCCBr)c2)C(=O)N1Cc1ccccc1. The van der Waals surface area contributed by atoms with Gasteiger partial charge in [0.2, 0.25) is 0 Å². The predicted molar refractivity (Wildman–Crippen MR) is 131 cm³/mol. The van der Waals surface area contributed by atoms with Gasteiger partial charge in [-0.25, -0.2) is 4.79 Å². The Balaban J connectivity index is 1.49. The Morgan fingerprint density at radius 2 is 1.75 bits per heavy atom. The van der Waals surface area contributed by atoms with Crippen molar-refractivity contribution in [1.82, 2.24) is 4.90 Å². The molecule has 2 aromatic carbocycles. The zero-order valence-electron chi connectivity index (χ0n) is 18.3. The molecule has 1 fully saturated rings. The van der Waals surface area contributed by atoms with Crippen LogP contribution in [0.2, 0.25) is 0 Å². The minimum absolute atomic E-state index is 0.0476. The van der Waals surface area contributed by atoms with Gasteiger partial charge in [-0.3, -0.25) is 14.6 Å². The highest BCUT2D eigenvalue weighted by Crippen LogP contribution is 2.23. The maximum atomic E-state index is 12.9. The van der Waals surface area contributed by atoms with E-state index in [-0.39, 0.29) is 25.0 Å². The minimum Gasteiger partial charge on any atom is -0.380 e. The van der Waals surface area contributed by atoms with Crippen LogP contribution < -0.4 is 4.90 Å². The smallest absolute Gasteiger partial charge is 0.332 e. The number of amides is 3. The number of nitrogens with zero attached hydrogens (tertiary/aromatic N) is 2. The van der Waals surface area contributed by atoms with E-state index in [9.17, 15) is 9.59 Å². The van der Waals surface area contributed by atoms with Crippen LogP contribution >= 0.6 is 15.9 Å². The molecule has 3 amide bonds. The van der Waals surface area contributed by atoms with Crippen LogP contribution in [-0.4, -0.2) is 41.9 Å². The van der Waals surface area contributed by atoms with Crippen molar-refractivity contribution in [3.8, 4) is 11.8 Å². The number of urea groups is 1. The molecule has 0 unspecified atom stereocenters. The molecule has 0 saturated carbocycles. The second kappa shape index (κ2) is 13.0. The monoisotopic (exact) mass is 496 g/mol. The highest BCUT2D eigenvalue weighted by atomic mass is 79.9. The highest BCUT2D eigenvalue weighted by molar-refractivity contribution is 9.09. The number of rotatable bonds is 11. The average molecular weight is 497 g/mol. The van der Waals surface area contributed by atoms with Gasteiger partial charge in [0.1, 0.15) is 6.54 Å². The van der Waals surface area contributed by atoms with E-state index >= 15 is 0 Å². The van der Waals surface area contributed by atoms with E-state index in [0.717, 1.165) is 29.5 Å². The molecule has 0 spiro atoms. The summed E-state index contributed by atoms with van der Waals surface area (Å²) in [5.41, 5.74) is 2.43. The van der Waals surface area contributed by atoms with Gasteiger partial charge in [0.15, 0.2) is 0 Å². The second-order valence-corrected chi connectivity index (χ2v) is 8.44. The molecule has 3 rings (SSSR count). The van der Waals surface area contributed by atoms with Gasteiger partial charge in [0.25, 0.3) is 5.91 Å². The number of anilines is 1. The van der Waals surface area contributed by atoms with Crippen molar-refractivity contribution in [3.63, 3.8) is 0 Å². The predicted octanol–water partition coefficient (Wildman–Crippen LogP) is 5.37. The summed E-state index contributed by atoms with van der Waals surface area (Å²) in [7, 11) is 0. The first-order valence-electron chi connectivity index (χ1n) is 11.1. The van der Waals surface area contributed by atoms with Crippen LogP contribution in [0.15, 0.2) is 54.6 Å². The quantitative estimate of drug-likeness (QED) is 0.182. The van der Waals surface area contributed by atoms with Gasteiger partial charge in [-0.2, -0.15) is 0 Å². The summed E-state index contributed by atoms with van der Waals surface area (Å²) in [5.74, 6) is 6.07. The van der Waals surface area contributed by atoms with Crippen molar-refractivity contribution in [1.29, 1.82) is 0 Å². The van der Waals surface area contributed by atoms with Crippen molar-refractivity contribution in [3.05, 3.63) is 65.7 Å². The number of ether oxygens (including phenoxy) is 1. The van der Waals surface area contributed by atoms with E-state index in [2.05, 4.69) is 27.8 Å². The molecule has 2 aromatic rings. The average Bonchev–Trinajstić information content (AvgIpc) is 3.09. The molecule has 32 heavy (non-hydrogen) atoms. The van der Waals surface area contributed by atoms with Crippen LogP contribution in [-0.2, 0) is 16.1 Å². The van der Waals surface area contributed by atoms with Gasteiger partial charge < -0.3 is 4.74 Å². The fraction of sp³-hybridized carbons (Fsp3) is 0.385. The zero-order chi connectivity index (χ0) is 22.6. The lowest BCUT2D eigenvalue weighted by molar-refractivity contribution is -0.125. The number of benzene rings is 2. The number of carbonyl (C=O) groups is 2. The maximum absolute atomic E-state index is 12.9. The van der Waals surface area contributed by atoms with Crippen LogP contribution in [0.4, 0.5) is 10.5 Å². The van der Waals surface area contributed by atoms with Crippen LogP contribution in [0.3, 0.4) is 0 Å². The number of imide groups is 1. The molecule has 168 valence electrons. The van der Waals surface area contributed by atoms with Crippen molar-refractivity contribution in [2.45, 2.75) is 38.6 Å². The van der Waals surface area contributed by atoms with Gasteiger partial charge in [0, 0.05) is 29.6 Å². The largest absolute Gasteiger partial charge is 0.380 e. The Morgan fingerprint density at radius 3 is 2.56 bits per heavy atom. The molecule has 0 bridgehead atoms. The lowest BCUT2D eigenvalue weighted by Crippen LogP contribution is -2.32. The third kappa shape index (κ3) is 7.22. The molecule has 1 aliphatic heterocycles. The molecule has 0 radical (unpaired) electrons. The summed E-state index contributed by atoms with van der Waals surface area (Å²) in [5, 5.41) is 1.07. The van der Waals surface area contributed by atoms with Gasteiger partial charge in [0.05, 0.1) is 13.2 Å². The molecule has 1 heterocycles. The van der Waals surface area contributed by atoms with E-state index in [1.54, 1.807) is 0 Å². The third-order valence-electron chi connectivity index (χ3n) is 5.17. The number of alkyl halides is 1. The van der Waals surface area contributed by atoms with Gasteiger partial charge in [-0.15, -0.1) is 0 Å². The standard InChI is InChI=1S/C26H29BrN2O3/c27-16-7-1-2-8-17-32-18-9-6-11-22-14-10-15-24(19-22)28-21-25(30)29(26(28)31)20-23-12-4-3-5-13-23/h3-5,10,12-15,19H,1-2,7-9,16-18,20-21H2. The summed E-state index contributed by atoms with van der Waals surface area (Å²) in [6, 6.07) is 16.7. The van der Waals surface area contributed by atoms with Crippen LogP contribution in [0.5, 0.6) is 0 Å². The summed E-state index contributed by atoms with van der Waals surface area (Å²) < 4.78 is 5.63. The number of unbranched alkanes of at least 4 members (excludes halogenated alkanes) is 3. The first-order chi connectivity index (χ1) is 15.7. The van der Waals surface area contributed by atoms with Gasteiger partial charge in [-0.05, 0) is 36.6 Å². The van der Waals surface area contributed by atoms with Gasteiger partial charge in [-0.1, -0.05) is 77.0 Å². The van der Waals surface area contributed by atoms with Crippen LogP contribution in [0, 0.1) is 11.8 Å². The summed E-state index contributed by atoms with van der Waals surface area (Å²) >= 11 is 3.44. The normalized spacial score (nSPS) is 13.4. The van der Waals surface area contributed by atoms with Crippen LogP contribution in [0.1, 0.15) is 43.2 Å². The Hall–Kier alpha value is -2.62. The molecule has 6 heteroatoms. The van der Waals surface area contributed by atoms with E-state index in [4.69, 9.17) is 4.74 Å². The lowest BCUT2D eigenvalue weighted by Gasteiger charge is -2.17. The Labute approximate surface area is 198 Å². The summed E-state index contributed by atoms with van der Waals surface area (Å²) in [6.45, 7) is 1.74. The molecular formula is C26H29BrN2O3. The Morgan fingerprint density at radius 1 is 0.938 bits per heavy atom. The fourth-order valence-corrected chi connectivity index (χ4v) is 3.85. The highest BCUT2D eigenvalue weighted by Gasteiger charge is 2.36. The molecule has 0 N–H and O–H groups in total. The molecule has 0 aliphatic carbocycles. The molecule has 5 nitrogen and oxygen atoms in total. The maximum Gasteiger partial charge on any atom is 0.332 e. The Bertz CT molecular complexity index is 952. The number of hydrogen-bond donors (Lipinski definition) is 0. The van der Waals surface area contributed by atoms with Crippen molar-refractivity contribution in [2.75, 3.05) is 30.0 Å². The summed E-state index contributed by atoms with van der Waals surface area (Å²) in [4.78, 5) is 28.1. The molecule has 1 aliphatic rings. The second-order valence-electron chi connectivity index (χ2n) is 7.65. The fourth-order valence-electron chi connectivity index (χ4n) is 3.46. The number of hydrogen-bond acceptors (Lipinski definition) is 3. The van der Waals surface area contributed by atoms with E-state index < -0.39 is 0 Å². The molecule has 0 aromatic heterocycles. The van der Waals surface area contributed by atoms with E-state index in [1.807, 2.05) is 54.6 Å². The number of halogens is 1. The van der Waals surface area contributed by atoms with Gasteiger partial charge >= 0.3 is 6.03 Å². The molecule has 1 saturated heterocycles. The summed E-state index contributed by atoms with van der Waals surface area (Å²) in [6.07, 6.45) is 5.40. The van der Waals surface area contributed by atoms with E-state index in [1.165, 1.54) is 29.1 Å². The van der Waals surface area contributed by atoms with Crippen molar-refractivity contribution < 1.29 is 14.3 Å². The number of carbonyl (C=O) groups excluding carboxylic acids is 2. The van der Waals surface area contributed by atoms with Crippen molar-refractivity contribution >= 4 is 33.6 Å². The van der Waals surface area contributed by atoms with E-state index in [0.29, 0.717) is 18.7 Å². The van der Waals surface area contributed by atoms with Crippen molar-refractivity contribution in [2.24, 2.45) is 0 Å².